The Hall–Kier alpha value is -4.01. The lowest BCUT2D eigenvalue weighted by Crippen LogP contribution is -2.42. The van der Waals surface area contributed by atoms with Gasteiger partial charge in [-0.2, -0.15) is 0 Å². The number of hydroxylamine groups is 2. The molecule has 2 aliphatic heterocycles. The maximum Gasteiger partial charge on any atom is 0.353 e. The molecule has 0 aliphatic carbocycles. The van der Waals surface area contributed by atoms with Gasteiger partial charge in [-0.15, -0.1) is 0 Å². The molecule has 9 heteroatoms. The molecule has 1 unspecified atom stereocenters. The quantitative estimate of drug-likeness (QED) is 0.617. The molecule has 2 heterocycles. The first-order valence-electron chi connectivity index (χ1n) is 8.71. The summed E-state index contributed by atoms with van der Waals surface area (Å²) in [5, 5.41) is 2.89. The number of amides is 5. The summed E-state index contributed by atoms with van der Waals surface area (Å²) < 4.78 is 0. The van der Waals surface area contributed by atoms with Gasteiger partial charge >= 0.3 is 12.0 Å². The van der Waals surface area contributed by atoms with E-state index in [0.29, 0.717) is 15.5 Å². The van der Waals surface area contributed by atoms with Crippen molar-refractivity contribution in [2.45, 2.75) is 12.5 Å². The zero-order chi connectivity index (χ0) is 20.8. The van der Waals surface area contributed by atoms with Gasteiger partial charge in [0.25, 0.3) is 17.7 Å². The smallest absolute Gasteiger partial charge is 0.328 e. The van der Waals surface area contributed by atoms with Gasteiger partial charge in [0.05, 0.1) is 11.1 Å². The molecule has 1 N–H and O–H groups in total. The number of carbonyl (C=O) groups is 5. The van der Waals surface area contributed by atoms with Crippen LogP contribution in [0.15, 0.2) is 54.6 Å². The number of nitrogens with zero attached hydrogens (tertiary/aromatic N) is 2. The van der Waals surface area contributed by atoms with E-state index in [1.54, 1.807) is 42.5 Å². The van der Waals surface area contributed by atoms with Crippen molar-refractivity contribution in [1.82, 2.24) is 15.3 Å². The minimum atomic E-state index is -1.34. The van der Waals surface area contributed by atoms with Gasteiger partial charge in [0.15, 0.2) is 0 Å². The van der Waals surface area contributed by atoms with Crippen molar-refractivity contribution in [2.24, 2.45) is 0 Å². The van der Waals surface area contributed by atoms with Crippen molar-refractivity contribution < 1.29 is 28.8 Å². The van der Waals surface area contributed by atoms with Gasteiger partial charge in [-0.1, -0.05) is 47.5 Å². The minimum absolute atomic E-state index is 0.108. The van der Waals surface area contributed by atoms with Gasteiger partial charge in [-0.3, -0.25) is 19.3 Å². The van der Waals surface area contributed by atoms with Crippen molar-refractivity contribution in [2.75, 3.05) is 6.54 Å². The summed E-state index contributed by atoms with van der Waals surface area (Å²) in [6, 6.07) is 13.8. The number of urea groups is 1. The van der Waals surface area contributed by atoms with Crippen LogP contribution in [-0.4, -0.2) is 46.2 Å². The Morgan fingerprint density at radius 1 is 0.931 bits per heavy atom. The zero-order valence-corrected chi connectivity index (χ0v) is 15.2. The molecule has 0 saturated carbocycles. The van der Waals surface area contributed by atoms with Crippen LogP contribution in [0, 0.1) is 0 Å². The predicted molar refractivity (Wildman–Crippen MR) is 97.1 cm³/mol. The molecule has 1 atom stereocenters. The van der Waals surface area contributed by atoms with Gasteiger partial charge in [0, 0.05) is 0 Å². The van der Waals surface area contributed by atoms with Crippen LogP contribution in [0.2, 0.25) is 0 Å². The molecule has 0 bridgehead atoms. The second kappa shape index (κ2) is 6.55. The van der Waals surface area contributed by atoms with Crippen LogP contribution in [-0.2, 0) is 20.0 Å². The van der Waals surface area contributed by atoms with E-state index < -0.39 is 41.8 Å². The summed E-state index contributed by atoms with van der Waals surface area (Å²) >= 11 is 0. The van der Waals surface area contributed by atoms with E-state index >= 15 is 0 Å². The molecular formula is C20H15N3O6. The molecule has 2 aromatic rings. The van der Waals surface area contributed by atoms with Crippen LogP contribution in [0.25, 0.3) is 0 Å². The van der Waals surface area contributed by atoms with Gasteiger partial charge in [0.2, 0.25) is 0 Å². The monoisotopic (exact) mass is 393 g/mol. The van der Waals surface area contributed by atoms with Crippen molar-refractivity contribution in [3.63, 3.8) is 0 Å². The Balaban J connectivity index is 1.48. The summed E-state index contributed by atoms with van der Waals surface area (Å²) in [6.07, 6.45) is 0. The van der Waals surface area contributed by atoms with Gasteiger partial charge in [0.1, 0.15) is 12.1 Å². The number of fused-ring (bicyclic) bond motifs is 1. The number of benzene rings is 2. The second-order valence-electron chi connectivity index (χ2n) is 6.73. The molecule has 5 amide bonds. The SMILES string of the molecule is CC1(c2ccccc2)NC(=O)N(CC(=O)ON2C(=O)c3ccccc3C2=O)C1=O. The predicted octanol–water partition coefficient (Wildman–Crippen LogP) is 1.21. The van der Waals surface area contributed by atoms with Crippen molar-refractivity contribution in [3.8, 4) is 0 Å². The highest BCUT2D eigenvalue weighted by molar-refractivity contribution is 6.21. The van der Waals surface area contributed by atoms with Crippen molar-refractivity contribution in [1.29, 1.82) is 0 Å². The standard InChI is InChI=1S/C20H15N3O6/c1-20(12-7-3-2-4-8-12)18(27)22(19(28)21-20)11-15(24)29-23-16(25)13-9-5-6-10-14(13)17(23)26/h2-10H,11H2,1H3,(H,21,28). The molecule has 29 heavy (non-hydrogen) atoms. The van der Waals surface area contributed by atoms with Crippen LogP contribution >= 0.6 is 0 Å². The van der Waals surface area contributed by atoms with E-state index in [-0.39, 0.29) is 11.1 Å². The summed E-state index contributed by atoms with van der Waals surface area (Å²) in [5.41, 5.74) is -0.572. The molecule has 1 fully saturated rings. The fourth-order valence-electron chi connectivity index (χ4n) is 3.32. The average molecular weight is 393 g/mol. The Bertz CT molecular complexity index is 1030. The Morgan fingerprint density at radius 2 is 1.48 bits per heavy atom. The van der Waals surface area contributed by atoms with Gasteiger partial charge in [-0.05, 0) is 24.6 Å². The molecule has 0 aromatic heterocycles. The van der Waals surface area contributed by atoms with Crippen LogP contribution in [0.4, 0.5) is 4.79 Å². The lowest BCUT2D eigenvalue weighted by Gasteiger charge is -2.22. The van der Waals surface area contributed by atoms with E-state index in [1.807, 2.05) is 0 Å². The van der Waals surface area contributed by atoms with E-state index in [2.05, 4.69) is 5.32 Å². The lowest BCUT2D eigenvalue weighted by atomic mass is 9.92. The maximum absolute atomic E-state index is 12.8. The lowest BCUT2D eigenvalue weighted by molar-refractivity contribution is -0.170. The number of hydrogen-bond acceptors (Lipinski definition) is 6. The van der Waals surface area contributed by atoms with Crippen LogP contribution in [0.5, 0.6) is 0 Å². The number of hydrogen-bond donors (Lipinski definition) is 1. The first-order valence-corrected chi connectivity index (χ1v) is 8.71. The topological polar surface area (TPSA) is 113 Å². The molecule has 0 radical (unpaired) electrons. The number of nitrogens with one attached hydrogen (secondary N) is 1. The summed E-state index contributed by atoms with van der Waals surface area (Å²) in [5.74, 6) is -3.32. The van der Waals surface area contributed by atoms with Crippen molar-refractivity contribution >= 4 is 29.7 Å². The average Bonchev–Trinajstić information content (AvgIpc) is 3.09. The fourth-order valence-corrected chi connectivity index (χ4v) is 3.32. The van der Waals surface area contributed by atoms with Crippen LogP contribution < -0.4 is 5.32 Å². The number of carbonyl (C=O) groups excluding carboxylic acids is 5. The first kappa shape index (κ1) is 18.4. The van der Waals surface area contributed by atoms with Gasteiger partial charge in [-0.25, -0.2) is 9.59 Å². The largest absolute Gasteiger partial charge is 0.353 e. The third kappa shape index (κ3) is 2.83. The van der Waals surface area contributed by atoms with E-state index in [0.717, 1.165) is 0 Å². The maximum atomic E-state index is 12.8. The molecule has 0 spiro atoms. The molecule has 146 valence electrons. The third-order valence-electron chi connectivity index (χ3n) is 4.86. The van der Waals surface area contributed by atoms with Gasteiger partial charge < -0.3 is 10.2 Å². The molecular weight excluding hydrogens is 378 g/mol. The number of rotatable bonds is 4. The van der Waals surface area contributed by atoms with Crippen LogP contribution in [0.1, 0.15) is 33.2 Å². The normalized spacial score (nSPS) is 20.7. The molecule has 2 aliphatic rings. The summed E-state index contributed by atoms with van der Waals surface area (Å²) in [7, 11) is 0. The first-order chi connectivity index (χ1) is 13.8. The van der Waals surface area contributed by atoms with Crippen molar-refractivity contribution in [3.05, 3.63) is 71.3 Å². The third-order valence-corrected chi connectivity index (χ3v) is 4.86. The summed E-state index contributed by atoms with van der Waals surface area (Å²) in [6.45, 7) is 0.776. The fraction of sp³-hybridized carbons (Fsp3) is 0.150. The molecule has 9 nitrogen and oxygen atoms in total. The molecule has 4 rings (SSSR count). The zero-order valence-electron chi connectivity index (χ0n) is 15.2. The highest BCUT2D eigenvalue weighted by atomic mass is 16.7. The van der Waals surface area contributed by atoms with E-state index in [9.17, 15) is 24.0 Å². The second-order valence-corrected chi connectivity index (χ2v) is 6.73. The Kier molecular flexibility index (Phi) is 4.15. The van der Waals surface area contributed by atoms with E-state index in [1.165, 1.54) is 19.1 Å². The molecule has 1 saturated heterocycles. The van der Waals surface area contributed by atoms with Crippen LogP contribution in [0.3, 0.4) is 0 Å². The highest BCUT2D eigenvalue weighted by Crippen LogP contribution is 2.29. The molecule has 2 aromatic carbocycles. The van der Waals surface area contributed by atoms with E-state index in [4.69, 9.17) is 4.84 Å². The minimum Gasteiger partial charge on any atom is -0.328 e. The number of imide groups is 2. The summed E-state index contributed by atoms with van der Waals surface area (Å²) in [4.78, 5) is 67.5. The Labute approximate surface area is 164 Å². The Morgan fingerprint density at radius 3 is 2.07 bits per heavy atom. The highest BCUT2D eigenvalue weighted by Gasteiger charge is 2.50.